The second-order valence-corrected chi connectivity index (χ2v) is 5.29. The summed E-state index contributed by atoms with van der Waals surface area (Å²) in [6.07, 6.45) is 6.40. The Morgan fingerprint density at radius 2 is 2.11 bits per heavy atom. The van der Waals surface area contributed by atoms with Crippen molar-refractivity contribution in [2.45, 2.75) is 25.7 Å². The molecule has 5 heteroatoms. The molecule has 0 fully saturated rings. The van der Waals surface area contributed by atoms with Crippen molar-refractivity contribution in [1.82, 2.24) is 9.97 Å². The molecule has 1 aromatic rings. The highest BCUT2D eigenvalue weighted by atomic mass is 79.9. The molecule has 0 aliphatic heterocycles. The number of alkyl halides is 1. The van der Waals surface area contributed by atoms with Gasteiger partial charge in [-0.2, -0.15) is 0 Å². The summed E-state index contributed by atoms with van der Waals surface area (Å²) in [4.78, 5) is 11.2. The summed E-state index contributed by atoms with van der Waals surface area (Å²) in [5.74, 6) is 1.11. The first-order chi connectivity index (χ1) is 8.86. The molecule has 100 valence electrons. The van der Waals surface area contributed by atoms with Crippen molar-refractivity contribution < 1.29 is 4.74 Å². The van der Waals surface area contributed by atoms with E-state index in [4.69, 9.17) is 4.74 Å². The van der Waals surface area contributed by atoms with Gasteiger partial charge in [0.15, 0.2) is 0 Å². The van der Waals surface area contributed by atoms with Crippen molar-refractivity contribution >= 4 is 21.7 Å². The maximum absolute atomic E-state index is 5.18. The van der Waals surface area contributed by atoms with Gasteiger partial charge in [0.1, 0.15) is 12.1 Å². The zero-order chi connectivity index (χ0) is 12.8. The lowest BCUT2D eigenvalue weighted by atomic mass is 9.96. The summed E-state index contributed by atoms with van der Waals surface area (Å²) < 4.78 is 5.18. The molecule has 0 radical (unpaired) electrons. The van der Waals surface area contributed by atoms with Crippen LogP contribution in [0.1, 0.15) is 24.1 Å². The van der Waals surface area contributed by atoms with E-state index in [1.165, 1.54) is 24.1 Å². The number of hydrogen-bond donors (Lipinski definition) is 0. The average molecular weight is 314 g/mol. The first kappa shape index (κ1) is 13.7. The lowest BCUT2D eigenvalue weighted by Gasteiger charge is -2.27. The van der Waals surface area contributed by atoms with Crippen LogP contribution in [0.25, 0.3) is 0 Å². The van der Waals surface area contributed by atoms with E-state index < -0.39 is 0 Å². The number of fused-ring (bicyclic) bond motifs is 1. The Balaban J connectivity index is 2.22. The SMILES string of the molecule is COCCN(CCBr)c1ncnc2c1CCCC2. The molecule has 0 saturated heterocycles. The molecular formula is C13H20BrN3O. The van der Waals surface area contributed by atoms with E-state index in [0.29, 0.717) is 0 Å². The van der Waals surface area contributed by atoms with Gasteiger partial charge in [0, 0.05) is 36.8 Å². The van der Waals surface area contributed by atoms with Gasteiger partial charge in [0.25, 0.3) is 0 Å². The molecule has 0 amide bonds. The number of aryl methyl sites for hydroxylation is 1. The highest BCUT2D eigenvalue weighted by Gasteiger charge is 2.19. The zero-order valence-electron chi connectivity index (χ0n) is 10.9. The topological polar surface area (TPSA) is 38.2 Å². The van der Waals surface area contributed by atoms with Crippen LogP contribution >= 0.6 is 15.9 Å². The Morgan fingerprint density at radius 3 is 2.89 bits per heavy atom. The van der Waals surface area contributed by atoms with Gasteiger partial charge in [-0.1, -0.05) is 15.9 Å². The highest BCUT2D eigenvalue weighted by molar-refractivity contribution is 9.09. The van der Waals surface area contributed by atoms with Crippen molar-refractivity contribution in [2.24, 2.45) is 0 Å². The highest BCUT2D eigenvalue weighted by Crippen LogP contribution is 2.26. The van der Waals surface area contributed by atoms with Crippen LogP contribution in [0.2, 0.25) is 0 Å². The van der Waals surface area contributed by atoms with Gasteiger partial charge >= 0.3 is 0 Å². The predicted octanol–water partition coefficient (Wildman–Crippen LogP) is 2.20. The first-order valence-corrected chi connectivity index (χ1v) is 7.61. The van der Waals surface area contributed by atoms with E-state index in [1.54, 1.807) is 13.4 Å². The maximum Gasteiger partial charge on any atom is 0.135 e. The summed E-state index contributed by atoms with van der Waals surface area (Å²) >= 11 is 3.51. The summed E-state index contributed by atoms with van der Waals surface area (Å²) in [7, 11) is 1.74. The minimum absolute atomic E-state index is 0.728. The number of aromatic nitrogens is 2. The lowest BCUT2D eigenvalue weighted by Crippen LogP contribution is -2.31. The quantitative estimate of drug-likeness (QED) is 0.755. The largest absolute Gasteiger partial charge is 0.383 e. The van der Waals surface area contributed by atoms with E-state index in [1.807, 2.05) is 0 Å². The molecule has 0 atom stereocenters. The van der Waals surface area contributed by atoms with Gasteiger partial charge in [-0.15, -0.1) is 0 Å². The molecule has 18 heavy (non-hydrogen) atoms. The molecule has 0 aromatic carbocycles. The fourth-order valence-corrected chi connectivity index (χ4v) is 2.83. The first-order valence-electron chi connectivity index (χ1n) is 6.49. The third-order valence-electron chi connectivity index (χ3n) is 3.32. The number of rotatable bonds is 6. The number of halogens is 1. The van der Waals surface area contributed by atoms with Gasteiger partial charge in [0.05, 0.1) is 6.61 Å². The summed E-state index contributed by atoms with van der Waals surface area (Å²) in [6, 6.07) is 0. The number of nitrogens with zero attached hydrogens (tertiary/aromatic N) is 3. The Kier molecular flexibility index (Phi) is 5.38. The maximum atomic E-state index is 5.18. The van der Waals surface area contributed by atoms with Crippen molar-refractivity contribution in [3.63, 3.8) is 0 Å². The monoisotopic (exact) mass is 313 g/mol. The lowest BCUT2D eigenvalue weighted by molar-refractivity contribution is 0.205. The van der Waals surface area contributed by atoms with Gasteiger partial charge in [0.2, 0.25) is 0 Å². The van der Waals surface area contributed by atoms with E-state index in [9.17, 15) is 0 Å². The van der Waals surface area contributed by atoms with Crippen LogP contribution in [-0.4, -0.2) is 42.1 Å². The number of methoxy groups -OCH3 is 1. The Bertz CT molecular complexity index is 386. The molecule has 1 aromatic heterocycles. The fraction of sp³-hybridized carbons (Fsp3) is 0.692. The minimum atomic E-state index is 0.728. The van der Waals surface area contributed by atoms with Crippen LogP contribution < -0.4 is 4.90 Å². The smallest absolute Gasteiger partial charge is 0.135 e. The van der Waals surface area contributed by atoms with Gasteiger partial charge in [-0.3, -0.25) is 0 Å². The molecule has 0 spiro atoms. The van der Waals surface area contributed by atoms with Crippen LogP contribution in [-0.2, 0) is 17.6 Å². The average Bonchev–Trinajstić information content (AvgIpc) is 2.43. The van der Waals surface area contributed by atoms with E-state index in [2.05, 4.69) is 30.8 Å². The van der Waals surface area contributed by atoms with E-state index in [-0.39, 0.29) is 0 Å². The second kappa shape index (κ2) is 7.04. The molecule has 1 heterocycles. The number of hydrogen-bond acceptors (Lipinski definition) is 4. The Hall–Kier alpha value is -0.680. The van der Waals surface area contributed by atoms with Crippen LogP contribution in [0.15, 0.2) is 6.33 Å². The summed E-state index contributed by atoms with van der Waals surface area (Å²) in [5, 5.41) is 0.940. The predicted molar refractivity (Wildman–Crippen MR) is 76.6 cm³/mol. The normalized spacial score (nSPS) is 14.3. The molecule has 0 bridgehead atoms. The molecule has 0 saturated carbocycles. The van der Waals surface area contributed by atoms with E-state index in [0.717, 1.165) is 43.7 Å². The van der Waals surface area contributed by atoms with Crippen LogP contribution in [0.5, 0.6) is 0 Å². The van der Waals surface area contributed by atoms with Crippen LogP contribution in [0.3, 0.4) is 0 Å². The molecule has 0 N–H and O–H groups in total. The number of ether oxygens (including phenoxy) is 1. The Labute approximate surface area is 117 Å². The third-order valence-corrected chi connectivity index (χ3v) is 3.68. The zero-order valence-corrected chi connectivity index (χ0v) is 12.4. The van der Waals surface area contributed by atoms with Gasteiger partial charge in [-0.25, -0.2) is 9.97 Å². The number of anilines is 1. The second-order valence-electron chi connectivity index (χ2n) is 4.50. The van der Waals surface area contributed by atoms with Crippen molar-refractivity contribution in [2.75, 3.05) is 37.0 Å². The van der Waals surface area contributed by atoms with E-state index >= 15 is 0 Å². The minimum Gasteiger partial charge on any atom is -0.383 e. The molecule has 0 unspecified atom stereocenters. The molecular weight excluding hydrogens is 294 g/mol. The van der Waals surface area contributed by atoms with Crippen molar-refractivity contribution in [1.29, 1.82) is 0 Å². The summed E-state index contributed by atoms with van der Waals surface area (Å²) in [5.41, 5.74) is 2.59. The van der Waals surface area contributed by atoms with Crippen LogP contribution in [0.4, 0.5) is 5.82 Å². The standard InChI is InChI=1S/C13H20BrN3O/c1-18-9-8-17(7-6-14)13-11-4-2-3-5-12(11)15-10-16-13/h10H,2-9H2,1H3. The third kappa shape index (κ3) is 3.20. The Morgan fingerprint density at radius 1 is 1.28 bits per heavy atom. The molecule has 2 rings (SSSR count). The summed E-state index contributed by atoms with van der Waals surface area (Å²) in [6.45, 7) is 2.56. The molecule has 1 aliphatic rings. The van der Waals surface area contributed by atoms with Crippen molar-refractivity contribution in [3.05, 3.63) is 17.6 Å². The van der Waals surface area contributed by atoms with Gasteiger partial charge < -0.3 is 9.64 Å². The molecule has 4 nitrogen and oxygen atoms in total. The van der Waals surface area contributed by atoms with Gasteiger partial charge in [-0.05, 0) is 25.7 Å². The fourth-order valence-electron chi connectivity index (χ4n) is 2.40. The molecule has 1 aliphatic carbocycles. The van der Waals surface area contributed by atoms with Crippen molar-refractivity contribution in [3.8, 4) is 0 Å². The van der Waals surface area contributed by atoms with Crippen LogP contribution in [0, 0.1) is 0 Å².